The summed E-state index contributed by atoms with van der Waals surface area (Å²) in [6.07, 6.45) is 3.40. The molecule has 2 aromatic rings. The van der Waals surface area contributed by atoms with Crippen LogP contribution in [0.5, 0.6) is 0 Å². The Morgan fingerprint density at radius 3 is 2.71 bits per heavy atom. The molecule has 110 valence electrons. The molecule has 2 heterocycles. The maximum Gasteiger partial charge on any atom is 0.250 e. The Kier molecular flexibility index (Phi) is 3.72. The van der Waals surface area contributed by atoms with Crippen LogP contribution in [0.2, 0.25) is 0 Å². The molecule has 3 rings (SSSR count). The largest absolute Gasteiger partial charge is 0.363 e. The number of carbonyl (C=O) groups is 1. The highest BCUT2D eigenvalue weighted by Crippen LogP contribution is 2.19. The number of hydrogen-bond donors (Lipinski definition) is 3. The highest BCUT2D eigenvalue weighted by atomic mass is 16.5. The molecule has 1 aliphatic heterocycles. The zero-order valence-electron chi connectivity index (χ0n) is 11.8. The van der Waals surface area contributed by atoms with Crippen molar-refractivity contribution in [2.45, 2.75) is 12.5 Å². The Hall–Kier alpha value is -2.18. The molecule has 0 bridgehead atoms. The van der Waals surface area contributed by atoms with Gasteiger partial charge < -0.3 is 20.4 Å². The van der Waals surface area contributed by atoms with E-state index in [0.29, 0.717) is 0 Å². The number of aromatic amines is 1. The highest BCUT2D eigenvalue weighted by Gasteiger charge is 2.32. The van der Waals surface area contributed by atoms with E-state index in [1.54, 1.807) is 12.5 Å². The molecule has 1 aliphatic rings. The second-order valence-corrected chi connectivity index (χ2v) is 5.43. The summed E-state index contributed by atoms with van der Waals surface area (Å²) < 4.78 is 5.59. The van der Waals surface area contributed by atoms with Gasteiger partial charge in [0, 0.05) is 18.8 Å². The molecular formula is C15H18N4O2. The highest BCUT2D eigenvalue weighted by molar-refractivity contribution is 5.91. The van der Waals surface area contributed by atoms with Crippen LogP contribution in [0.4, 0.5) is 5.69 Å². The minimum atomic E-state index is -0.207. The number of ether oxygens (including phenoxy) is 1. The van der Waals surface area contributed by atoms with Gasteiger partial charge in [0.25, 0.3) is 0 Å². The van der Waals surface area contributed by atoms with Gasteiger partial charge in [-0.3, -0.25) is 4.79 Å². The third kappa shape index (κ3) is 3.29. The van der Waals surface area contributed by atoms with E-state index < -0.39 is 0 Å². The van der Waals surface area contributed by atoms with Gasteiger partial charge in [0.2, 0.25) is 5.91 Å². The van der Waals surface area contributed by atoms with Gasteiger partial charge in [-0.2, -0.15) is 0 Å². The number of anilines is 1. The van der Waals surface area contributed by atoms with Crippen LogP contribution in [-0.4, -0.2) is 41.2 Å². The Morgan fingerprint density at radius 2 is 2.14 bits per heavy atom. The Balaban J connectivity index is 1.54. The zero-order valence-corrected chi connectivity index (χ0v) is 11.8. The summed E-state index contributed by atoms with van der Waals surface area (Å²) in [5.41, 5.74) is 2.52. The summed E-state index contributed by atoms with van der Waals surface area (Å²) in [7, 11) is 0. The van der Waals surface area contributed by atoms with Crippen molar-refractivity contribution >= 4 is 11.6 Å². The summed E-state index contributed by atoms with van der Waals surface area (Å²) in [4.78, 5) is 18.9. The van der Waals surface area contributed by atoms with Crippen molar-refractivity contribution in [2.75, 3.05) is 25.0 Å². The molecule has 0 atom stereocenters. The van der Waals surface area contributed by atoms with Gasteiger partial charge in [-0.15, -0.1) is 0 Å². The van der Waals surface area contributed by atoms with Crippen molar-refractivity contribution in [3.63, 3.8) is 0 Å². The van der Waals surface area contributed by atoms with E-state index in [4.69, 9.17) is 4.74 Å². The van der Waals surface area contributed by atoms with Gasteiger partial charge in [-0.1, -0.05) is 12.1 Å². The maximum absolute atomic E-state index is 11.8. The number of carbonyl (C=O) groups excluding carboxylic acids is 1. The first-order chi connectivity index (χ1) is 10.1. The van der Waals surface area contributed by atoms with E-state index >= 15 is 0 Å². The molecule has 1 aromatic heterocycles. The molecule has 21 heavy (non-hydrogen) atoms. The summed E-state index contributed by atoms with van der Waals surface area (Å²) in [6.45, 7) is 3.65. The lowest BCUT2D eigenvalue weighted by Gasteiger charge is -2.38. The number of hydrogen-bond acceptors (Lipinski definition) is 4. The van der Waals surface area contributed by atoms with Gasteiger partial charge in [0.05, 0.1) is 23.8 Å². The quantitative estimate of drug-likeness (QED) is 0.776. The zero-order chi connectivity index (χ0) is 14.7. The molecule has 0 radical (unpaired) electrons. The third-order valence-corrected chi connectivity index (χ3v) is 3.53. The smallest absolute Gasteiger partial charge is 0.250 e. The molecule has 6 nitrogen and oxygen atoms in total. The molecule has 3 N–H and O–H groups in total. The molecule has 6 heteroatoms. The van der Waals surface area contributed by atoms with Crippen molar-refractivity contribution in [2.24, 2.45) is 0 Å². The first-order valence-corrected chi connectivity index (χ1v) is 6.88. The lowest BCUT2D eigenvalue weighted by atomic mass is 10.0. The fourth-order valence-electron chi connectivity index (χ4n) is 2.16. The van der Waals surface area contributed by atoms with E-state index in [2.05, 4.69) is 20.6 Å². The minimum Gasteiger partial charge on any atom is -0.363 e. The molecular weight excluding hydrogens is 268 g/mol. The van der Waals surface area contributed by atoms with Crippen molar-refractivity contribution in [1.82, 2.24) is 15.3 Å². The van der Waals surface area contributed by atoms with Gasteiger partial charge in [0.15, 0.2) is 0 Å². The van der Waals surface area contributed by atoms with Crippen LogP contribution in [-0.2, 0) is 9.53 Å². The maximum atomic E-state index is 11.8. The number of H-pyrrole nitrogens is 1. The standard InChI is InChI=1S/C15H18N4O2/c1-15(8-17-9-15)21-7-14(20)19-12-4-2-11(3-5-12)13-6-16-10-18-13/h2-6,10,17H,7-9H2,1H3,(H,16,18)(H,19,20). The van der Waals surface area contributed by atoms with Crippen LogP contribution in [0.25, 0.3) is 11.3 Å². The number of rotatable bonds is 5. The number of aromatic nitrogens is 2. The third-order valence-electron chi connectivity index (χ3n) is 3.53. The minimum absolute atomic E-state index is 0.0699. The summed E-state index contributed by atoms with van der Waals surface area (Å²) in [6, 6.07) is 7.59. The lowest BCUT2D eigenvalue weighted by molar-refractivity contribution is -0.130. The van der Waals surface area contributed by atoms with Crippen LogP contribution < -0.4 is 10.6 Å². The first kappa shape index (κ1) is 13.8. The topological polar surface area (TPSA) is 79.0 Å². The van der Waals surface area contributed by atoms with Crippen molar-refractivity contribution in [3.8, 4) is 11.3 Å². The Labute approximate surface area is 122 Å². The summed E-state index contributed by atoms with van der Waals surface area (Å²) >= 11 is 0. The molecule has 1 aromatic carbocycles. The van der Waals surface area contributed by atoms with Gasteiger partial charge in [-0.05, 0) is 24.6 Å². The van der Waals surface area contributed by atoms with Crippen LogP contribution in [0.15, 0.2) is 36.8 Å². The second-order valence-electron chi connectivity index (χ2n) is 5.43. The van der Waals surface area contributed by atoms with Gasteiger partial charge >= 0.3 is 0 Å². The van der Waals surface area contributed by atoms with Crippen LogP contribution in [0.1, 0.15) is 6.92 Å². The van der Waals surface area contributed by atoms with E-state index in [1.165, 1.54) is 0 Å². The average Bonchev–Trinajstić information content (AvgIpc) is 2.98. The summed E-state index contributed by atoms with van der Waals surface area (Å²) in [5.74, 6) is -0.141. The normalized spacial score (nSPS) is 16.2. The van der Waals surface area contributed by atoms with E-state index in [-0.39, 0.29) is 18.1 Å². The number of nitrogens with one attached hydrogen (secondary N) is 3. The van der Waals surface area contributed by atoms with Gasteiger partial charge in [-0.25, -0.2) is 4.98 Å². The lowest BCUT2D eigenvalue weighted by Crippen LogP contribution is -2.59. The molecule has 0 unspecified atom stereocenters. The second kappa shape index (κ2) is 5.67. The Bertz CT molecular complexity index is 603. The van der Waals surface area contributed by atoms with Crippen molar-refractivity contribution in [3.05, 3.63) is 36.8 Å². The van der Waals surface area contributed by atoms with Crippen molar-refractivity contribution < 1.29 is 9.53 Å². The number of benzene rings is 1. The predicted molar refractivity (Wildman–Crippen MR) is 79.9 cm³/mol. The summed E-state index contributed by atoms with van der Waals surface area (Å²) in [5, 5.41) is 5.95. The van der Waals surface area contributed by atoms with E-state index in [1.807, 2.05) is 31.2 Å². The molecule has 0 aliphatic carbocycles. The molecule has 1 fully saturated rings. The van der Waals surface area contributed by atoms with Crippen molar-refractivity contribution in [1.29, 1.82) is 0 Å². The Morgan fingerprint density at radius 1 is 1.38 bits per heavy atom. The van der Waals surface area contributed by atoms with Crippen LogP contribution >= 0.6 is 0 Å². The fraction of sp³-hybridized carbons (Fsp3) is 0.333. The van der Waals surface area contributed by atoms with Crippen LogP contribution in [0.3, 0.4) is 0 Å². The fourth-order valence-corrected chi connectivity index (χ4v) is 2.16. The SMILES string of the molecule is CC1(OCC(=O)Nc2ccc(-c3cnc[nH]3)cc2)CNC1. The molecule has 1 amide bonds. The van der Waals surface area contributed by atoms with Crippen LogP contribution in [0, 0.1) is 0 Å². The number of nitrogens with zero attached hydrogens (tertiary/aromatic N) is 1. The molecule has 1 saturated heterocycles. The molecule has 0 saturated carbocycles. The monoisotopic (exact) mass is 286 g/mol. The average molecular weight is 286 g/mol. The number of imidazole rings is 1. The molecule has 0 spiro atoms. The van der Waals surface area contributed by atoms with Gasteiger partial charge in [0.1, 0.15) is 6.61 Å². The van der Waals surface area contributed by atoms with E-state index in [9.17, 15) is 4.79 Å². The number of amides is 1. The first-order valence-electron chi connectivity index (χ1n) is 6.88. The predicted octanol–water partition coefficient (Wildman–Crippen LogP) is 1.39. The van der Waals surface area contributed by atoms with E-state index in [0.717, 1.165) is 30.0 Å².